The molecule has 5 heteroatoms. The normalized spacial score (nSPS) is 10.3. The van der Waals surface area contributed by atoms with Crippen molar-refractivity contribution >= 4 is 37.5 Å². The van der Waals surface area contributed by atoms with Gasteiger partial charge in [-0.15, -0.1) is 0 Å². The lowest BCUT2D eigenvalue weighted by molar-refractivity contribution is 0.352. The zero-order valence-corrected chi connectivity index (χ0v) is 15.3. The van der Waals surface area contributed by atoms with Gasteiger partial charge >= 0.3 is 0 Å². The van der Waals surface area contributed by atoms with Crippen LogP contribution in [0.2, 0.25) is 0 Å². The van der Waals surface area contributed by atoms with Gasteiger partial charge < -0.3 is 14.8 Å². The summed E-state index contributed by atoms with van der Waals surface area (Å²) in [5.41, 5.74) is 3.38. The van der Waals surface area contributed by atoms with Crippen LogP contribution in [0.15, 0.2) is 39.3 Å². The van der Waals surface area contributed by atoms with Crippen molar-refractivity contribution in [3.05, 3.63) is 50.4 Å². The summed E-state index contributed by atoms with van der Waals surface area (Å²) >= 11 is 7.11. The van der Waals surface area contributed by atoms with Crippen LogP contribution < -0.4 is 14.8 Å². The Morgan fingerprint density at radius 1 is 1.10 bits per heavy atom. The van der Waals surface area contributed by atoms with Gasteiger partial charge in [0.15, 0.2) is 11.5 Å². The minimum absolute atomic E-state index is 0.695. The molecule has 0 aliphatic heterocycles. The van der Waals surface area contributed by atoms with Gasteiger partial charge in [-0.2, -0.15) is 0 Å². The molecule has 2 rings (SSSR count). The fourth-order valence-corrected chi connectivity index (χ4v) is 3.11. The van der Waals surface area contributed by atoms with Crippen LogP contribution in [0.3, 0.4) is 0 Å². The Balaban J connectivity index is 2.20. The second-order valence-corrected chi connectivity index (χ2v) is 6.25. The van der Waals surface area contributed by atoms with Gasteiger partial charge in [0.1, 0.15) is 0 Å². The highest BCUT2D eigenvalue weighted by Gasteiger charge is 2.11. The fourth-order valence-electron chi connectivity index (χ4n) is 2.05. The number of benzene rings is 2. The van der Waals surface area contributed by atoms with Crippen LogP contribution in [-0.2, 0) is 6.54 Å². The van der Waals surface area contributed by atoms with Crippen molar-refractivity contribution in [1.29, 1.82) is 0 Å². The van der Waals surface area contributed by atoms with E-state index in [-0.39, 0.29) is 0 Å². The van der Waals surface area contributed by atoms with Crippen molar-refractivity contribution in [2.75, 3.05) is 19.5 Å². The zero-order chi connectivity index (χ0) is 15.4. The van der Waals surface area contributed by atoms with E-state index in [1.165, 1.54) is 5.56 Å². The molecular formula is C16H17Br2NO2. The monoisotopic (exact) mass is 413 g/mol. The molecule has 0 bridgehead atoms. The molecule has 1 N–H and O–H groups in total. The summed E-state index contributed by atoms with van der Waals surface area (Å²) in [6.07, 6.45) is 0. The van der Waals surface area contributed by atoms with Gasteiger partial charge in [0.05, 0.1) is 18.7 Å². The topological polar surface area (TPSA) is 30.5 Å². The molecule has 0 fully saturated rings. The summed E-state index contributed by atoms with van der Waals surface area (Å²) in [5, 5.41) is 3.42. The maximum absolute atomic E-state index is 5.36. The van der Waals surface area contributed by atoms with Gasteiger partial charge in [0, 0.05) is 16.7 Å². The lowest BCUT2D eigenvalue weighted by atomic mass is 10.2. The standard InChI is InChI=1S/C16H17Br2NO2/c1-10-5-4-6-13(15(10)18)19-9-11-7-12(17)16(21-3)14(8-11)20-2/h4-8,19H,9H2,1-3H3. The van der Waals surface area contributed by atoms with E-state index in [0.717, 1.165) is 20.2 Å². The summed E-state index contributed by atoms with van der Waals surface area (Å²) in [6.45, 7) is 2.77. The minimum Gasteiger partial charge on any atom is -0.493 e. The third kappa shape index (κ3) is 3.71. The Morgan fingerprint density at radius 3 is 2.52 bits per heavy atom. The first-order chi connectivity index (χ1) is 10.1. The molecule has 0 saturated carbocycles. The Morgan fingerprint density at radius 2 is 1.86 bits per heavy atom. The molecule has 2 aromatic carbocycles. The van der Waals surface area contributed by atoms with Crippen molar-refractivity contribution in [3.8, 4) is 11.5 Å². The van der Waals surface area contributed by atoms with Crippen LogP contribution in [0.25, 0.3) is 0 Å². The number of aryl methyl sites for hydroxylation is 1. The Labute approximate surface area is 141 Å². The largest absolute Gasteiger partial charge is 0.493 e. The number of hydrogen-bond acceptors (Lipinski definition) is 3. The van der Waals surface area contributed by atoms with Gasteiger partial charge in [-0.05, 0) is 68.1 Å². The molecule has 0 unspecified atom stereocenters. The molecule has 0 radical (unpaired) electrons. The average Bonchev–Trinajstić information content (AvgIpc) is 2.48. The average molecular weight is 415 g/mol. The summed E-state index contributed by atoms with van der Waals surface area (Å²) in [4.78, 5) is 0. The maximum Gasteiger partial charge on any atom is 0.174 e. The second-order valence-electron chi connectivity index (χ2n) is 4.60. The van der Waals surface area contributed by atoms with Crippen LogP contribution in [0, 0.1) is 6.92 Å². The second kappa shape index (κ2) is 7.18. The van der Waals surface area contributed by atoms with E-state index < -0.39 is 0 Å². The van der Waals surface area contributed by atoms with Gasteiger partial charge in [-0.1, -0.05) is 12.1 Å². The fraction of sp³-hybridized carbons (Fsp3) is 0.250. The van der Waals surface area contributed by atoms with E-state index in [2.05, 4.69) is 50.2 Å². The molecule has 21 heavy (non-hydrogen) atoms. The first-order valence-electron chi connectivity index (χ1n) is 6.46. The third-order valence-electron chi connectivity index (χ3n) is 3.17. The lowest BCUT2D eigenvalue weighted by Crippen LogP contribution is -2.02. The summed E-state index contributed by atoms with van der Waals surface area (Å²) < 4.78 is 12.6. The van der Waals surface area contributed by atoms with Gasteiger partial charge in [0.25, 0.3) is 0 Å². The Hall–Kier alpha value is -1.20. The van der Waals surface area contributed by atoms with Crippen molar-refractivity contribution in [1.82, 2.24) is 0 Å². The molecule has 0 aromatic heterocycles. The first kappa shape index (κ1) is 16.2. The quantitative estimate of drug-likeness (QED) is 0.733. The van der Waals surface area contributed by atoms with E-state index in [1.807, 2.05) is 24.3 Å². The number of hydrogen-bond donors (Lipinski definition) is 1. The molecule has 112 valence electrons. The minimum atomic E-state index is 0.695. The van der Waals surface area contributed by atoms with Crippen LogP contribution in [0.5, 0.6) is 11.5 Å². The molecule has 0 heterocycles. The smallest absolute Gasteiger partial charge is 0.174 e. The van der Waals surface area contributed by atoms with Crippen molar-refractivity contribution < 1.29 is 9.47 Å². The highest BCUT2D eigenvalue weighted by atomic mass is 79.9. The molecular weight excluding hydrogens is 398 g/mol. The first-order valence-corrected chi connectivity index (χ1v) is 8.04. The van der Waals surface area contributed by atoms with Gasteiger partial charge in [0.2, 0.25) is 0 Å². The molecule has 0 aliphatic rings. The maximum atomic E-state index is 5.36. The predicted octanol–water partition coefficient (Wildman–Crippen LogP) is 5.15. The number of methoxy groups -OCH3 is 2. The van der Waals surface area contributed by atoms with E-state index in [0.29, 0.717) is 18.0 Å². The van der Waals surface area contributed by atoms with Crippen molar-refractivity contribution in [3.63, 3.8) is 0 Å². The number of nitrogens with one attached hydrogen (secondary N) is 1. The van der Waals surface area contributed by atoms with Crippen LogP contribution in [0.1, 0.15) is 11.1 Å². The SMILES string of the molecule is COc1cc(CNc2cccc(C)c2Br)cc(Br)c1OC. The summed E-state index contributed by atoms with van der Waals surface area (Å²) in [6, 6.07) is 10.2. The zero-order valence-electron chi connectivity index (χ0n) is 12.2. The van der Waals surface area contributed by atoms with Gasteiger partial charge in [-0.25, -0.2) is 0 Å². The number of anilines is 1. The molecule has 3 nitrogen and oxygen atoms in total. The Kier molecular flexibility index (Phi) is 5.53. The number of rotatable bonds is 5. The molecule has 2 aromatic rings. The number of ether oxygens (including phenoxy) is 2. The molecule has 0 spiro atoms. The highest BCUT2D eigenvalue weighted by molar-refractivity contribution is 9.11. The number of halogens is 2. The molecule has 0 aliphatic carbocycles. The van der Waals surface area contributed by atoms with E-state index >= 15 is 0 Å². The molecule has 0 atom stereocenters. The Bertz CT molecular complexity index is 644. The van der Waals surface area contributed by atoms with E-state index in [1.54, 1.807) is 14.2 Å². The van der Waals surface area contributed by atoms with Gasteiger partial charge in [-0.3, -0.25) is 0 Å². The van der Waals surface area contributed by atoms with Crippen molar-refractivity contribution in [2.24, 2.45) is 0 Å². The molecule has 0 amide bonds. The van der Waals surface area contributed by atoms with E-state index in [4.69, 9.17) is 9.47 Å². The predicted molar refractivity (Wildman–Crippen MR) is 93.5 cm³/mol. The summed E-state index contributed by atoms with van der Waals surface area (Å²) in [7, 11) is 3.27. The lowest BCUT2D eigenvalue weighted by Gasteiger charge is -2.14. The molecule has 0 saturated heterocycles. The van der Waals surface area contributed by atoms with Crippen LogP contribution in [0.4, 0.5) is 5.69 Å². The third-order valence-corrected chi connectivity index (χ3v) is 4.81. The highest BCUT2D eigenvalue weighted by Crippen LogP contribution is 2.36. The van der Waals surface area contributed by atoms with Crippen LogP contribution in [-0.4, -0.2) is 14.2 Å². The summed E-state index contributed by atoms with van der Waals surface area (Å²) in [5.74, 6) is 1.42. The van der Waals surface area contributed by atoms with Crippen molar-refractivity contribution in [2.45, 2.75) is 13.5 Å². The van der Waals surface area contributed by atoms with Crippen LogP contribution >= 0.6 is 31.9 Å². The van der Waals surface area contributed by atoms with E-state index in [9.17, 15) is 0 Å².